The molecular formula is C18H23N3O3. The van der Waals surface area contributed by atoms with Crippen molar-refractivity contribution >= 4 is 17.8 Å². The van der Waals surface area contributed by atoms with Crippen LogP contribution in [-0.4, -0.2) is 47.3 Å². The number of urea groups is 1. The molecule has 0 radical (unpaired) electrons. The lowest BCUT2D eigenvalue weighted by molar-refractivity contribution is -0.125. The first kappa shape index (κ1) is 16.5. The van der Waals surface area contributed by atoms with Crippen LogP contribution in [0.2, 0.25) is 0 Å². The highest BCUT2D eigenvalue weighted by Gasteiger charge is 2.30. The number of hydrogen-bond acceptors (Lipinski definition) is 3. The van der Waals surface area contributed by atoms with Gasteiger partial charge in [-0.1, -0.05) is 37.5 Å². The number of nitrogens with one attached hydrogen (secondary N) is 1. The van der Waals surface area contributed by atoms with Gasteiger partial charge in [0, 0.05) is 18.7 Å². The minimum absolute atomic E-state index is 0.000413. The van der Waals surface area contributed by atoms with Crippen molar-refractivity contribution in [2.45, 2.75) is 38.6 Å². The molecular weight excluding hydrogens is 306 g/mol. The van der Waals surface area contributed by atoms with Gasteiger partial charge in [0.1, 0.15) is 0 Å². The zero-order chi connectivity index (χ0) is 16.9. The Morgan fingerprint density at radius 1 is 1.00 bits per heavy atom. The number of amides is 4. The van der Waals surface area contributed by atoms with Crippen LogP contribution < -0.4 is 5.32 Å². The van der Waals surface area contributed by atoms with Crippen molar-refractivity contribution in [1.29, 1.82) is 0 Å². The summed E-state index contributed by atoms with van der Waals surface area (Å²) in [5.74, 6) is -0.256. The molecule has 0 unspecified atom stereocenters. The summed E-state index contributed by atoms with van der Waals surface area (Å²) in [4.78, 5) is 39.6. The van der Waals surface area contributed by atoms with Crippen molar-refractivity contribution in [1.82, 2.24) is 15.1 Å². The lowest BCUT2D eigenvalue weighted by Gasteiger charge is -2.26. The standard InChI is InChI=1S/C18H23N3O3/c22-16-12-19-18(24)21(16)13-14-8-4-5-9-15(14)17(23)20-10-6-2-1-3-7-11-20/h4-5,8-9H,1-3,6-7,10-13H2,(H,19,24). The van der Waals surface area contributed by atoms with Gasteiger partial charge >= 0.3 is 6.03 Å². The van der Waals surface area contributed by atoms with Gasteiger partial charge < -0.3 is 10.2 Å². The van der Waals surface area contributed by atoms with Crippen LogP contribution in [0, 0.1) is 0 Å². The van der Waals surface area contributed by atoms with Gasteiger partial charge in [-0.3, -0.25) is 14.5 Å². The molecule has 1 N–H and O–H groups in total. The second kappa shape index (κ2) is 7.47. The summed E-state index contributed by atoms with van der Waals surface area (Å²) in [7, 11) is 0. The smallest absolute Gasteiger partial charge is 0.324 e. The molecule has 1 aromatic carbocycles. The van der Waals surface area contributed by atoms with Gasteiger partial charge in [0.25, 0.3) is 5.91 Å². The molecule has 0 atom stereocenters. The molecule has 0 aliphatic carbocycles. The average Bonchev–Trinajstić information content (AvgIpc) is 2.86. The molecule has 3 rings (SSSR count). The molecule has 2 aliphatic heterocycles. The number of likely N-dealkylation sites (tertiary alicyclic amines) is 1. The van der Waals surface area contributed by atoms with E-state index in [0.29, 0.717) is 5.56 Å². The second-order valence-electron chi connectivity index (χ2n) is 6.36. The van der Waals surface area contributed by atoms with Crippen molar-refractivity contribution < 1.29 is 14.4 Å². The Kier molecular flexibility index (Phi) is 5.13. The Morgan fingerprint density at radius 2 is 1.67 bits per heavy atom. The molecule has 24 heavy (non-hydrogen) atoms. The number of carbonyl (C=O) groups excluding carboxylic acids is 3. The fourth-order valence-electron chi connectivity index (χ4n) is 3.27. The van der Waals surface area contributed by atoms with Gasteiger partial charge in [-0.05, 0) is 24.5 Å². The fourth-order valence-corrected chi connectivity index (χ4v) is 3.27. The van der Waals surface area contributed by atoms with Gasteiger partial charge in [-0.2, -0.15) is 0 Å². The van der Waals surface area contributed by atoms with Crippen LogP contribution in [0.15, 0.2) is 24.3 Å². The highest BCUT2D eigenvalue weighted by atomic mass is 16.2. The third kappa shape index (κ3) is 3.58. The highest BCUT2D eigenvalue weighted by Crippen LogP contribution is 2.18. The van der Waals surface area contributed by atoms with Crippen molar-refractivity contribution in [3.05, 3.63) is 35.4 Å². The van der Waals surface area contributed by atoms with E-state index in [4.69, 9.17) is 0 Å². The normalized spacial score (nSPS) is 19.0. The topological polar surface area (TPSA) is 69.7 Å². The van der Waals surface area contributed by atoms with Crippen LogP contribution in [0.3, 0.4) is 0 Å². The molecule has 6 nitrogen and oxygen atoms in total. The Hall–Kier alpha value is -2.37. The third-order valence-electron chi connectivity index (χ3n) is 4.66. The van der Waals surface area contributed by atoms with E-state index < -0.39 is 6.03 Å². The van der Waals surface area contributed by atoms with Gasteiger partial charge in [0.2, 0.25) is 5.91 Å². The number of hydrogen-bond donors (Lipinski definition) is 1. The van der Waals surface area contributed by atoms with Gasteiger partial charge in [-0.15, -0.1) is 0 Å². The third-order valence-corrected chi connectivity index (χ3v) is 4.66. The lowest BCUT2D eigenvalue weighted by Crippen LogP contribution is -2.35. The van der Waals surface area contributed by atoms with Crippen LogP contribution in [0.5, 0.6) is 0 Å². The molecule has 2 aliphatic rings. The molecule has 0 saturated carbocycles. The van der Waals surface area contributed by atoms with E-state index in [9.17, 15) is 14.4 Å². The van der Waals surface area contributed by atoms with Gasteiger partial charge in [-0.25, -0.2) is 4.79 Å². The molecule has 0 spiro atoms. The first-order valence-corrected chi connectivity index (χ1v) is 8.62. The summed E-state index contributed by atoms with van der Waals surface area (Å²) in [5.41, 5.74) is 1.31. The van der Waals surface area contributed by atoms with E-state index in [1.807, 2.05) is 23.1 Å². The maximum Gasteiger partial charge on any atom is 0.324 e. The average molecular weight is 329 g/mol. The van der Waals surface area contributed by atoms with Crippen LogP contribution in [0.4, 0.5) is 4.79 Å². The Morgan fingerprint density at radius 3 is 2.33 bits per heavy atom. The minimum Gasteiger partial charge on any atom is -0.339 e. The quantitative estimate of drug-likeness (QED) is 0.864. The number of benzene rings is 1. The number of rotatable bonds is 3. The lowest BCUT2D eigenvalue weighted by atomic mass is 10.0. The first-order valence-electron chi connectivity index (χ1n) is 8.62. The summed E-state index contributed by atoms with van der Waals surface area (Å²) in [5, 5.41) is 2.51. The summed E-state index contributed by atoms with van der Waals surface area (Å²) < 4.78 is 0. The van der Waals surface area contributed by atoms with Crippen molar-refractivity contribution in [2.24, 2.45) is 0 Å². The van der Waals surface area contributed by atoms with Gasteiger partial charge in [0.15, 0.2) is 0 Å². The second-order valence-corrected chi connectivity index (χ2v) is 6.36. The predicted molar refractivity (Wildman–Crippen MR) is 89.4 cm³/mol. The monoisotopic (exact) mass is 329 g/mol. The minimum atomic E-state index is -0.395. The van der Waals surface area contributed by atoms with E-state index in [1.54, 1.807) is 6.07 Å². The predicted octanol–water partition coefficient (Wildman–Crippen LogP) is 2.14. The largest absolute Gasteiger partial charge is 0.339 e. The fraction of sp³-hybridized carbons (Fsp3) is 0.500. The van der Waals surface area contributed by atoms with Crippen LogP contribution >= 0.6 is 0 Å². The number of nitrogens with zero attached hydrogens (tertiary/aromatic N) is 2. The zero-order valence-corrected chi connectivity index (χ0v) is 13.8. The SMILES string of the molecule is O=C(c1ccccc1CN1C(=O)CNC1=O)N1CCCCCCC1. The van der Waals surface area contributed by atoms with Crippen LogP contribution in [0.25, 0.3) is 0 Å². The van der Waals surface area contributed by atoms with Crippen molar-refractivity contribution in [3.63, 3.8) is 0 Å². The molecule has 0 aromatic heterocycles. The molecule has 0 bridgehead atoms. The van der Waals surface area contributed by atoms with Crippen LogP contribution in [0.1, 0.15) is 48.0 Å². The van der Waals surface area contributed by atoms with Crippen LogP contribution in [-0.2, 0) is 11.3 Å². The Balaban J connectivity index is 1.78. The number of carbonyl (C=O) groups is 3. The highest BCUT2D eigenvalue weighted by molar-refractivity contribution is 6.02. The summed E-state index contributed by atoms with van der Waals surface area (Å²) in [6.07, 6.45) is 5.62. The molecule has 2 saturated heterocycles. The number of imide groups is 1. The summed E-state index contributed by atoms with van der Waals surface area (Å²) in [6.45, 7) is 1.72. The van der Waals surface area contributed by atoms with E-state index in [2.05, 4.69) is 5.32 Å². The zero-order valence-electron chi connectivity index (χ0n) is 13.8. The molecule has 128 valence electrons. The molecule has 2 fully saturated rings. The summed E-state index contributed by atoms with van der Waals surface area (Å²) in [6, 6.07) is 6.86. The Labute approximate surface area is 141 Å². The molecule has 2 heterocycles. The molecule has 6 heteroatoms. The summed E-state index contributed by atoms with van der Waals surface area (Å²) >= 11 is 0. The van der Waals surface area contributed by atoms with Crippen molar-refractivity contribution in [3.8, 4) is 0 Å². The maximum absolute atomic E-state index is 12.9. The van der Waals surface area contributed by atoms with E-state index in [0.717, 1.165) is 44.3 Å². The van der Waals surface area contributed by atoms with E-state index >= 15 is 0 Å². The van der Waals surface area contributed by atoms with E-state index in [1.165, 1.54) is 11.3 Å². The molecule has 1 aromatic rings. The first-order chi connectivity index (χ1) is 11.7. The molecule has 4 amide bonds. The maximum atomic E-state index is 12.9. The van der Waals surface area contributed by atoms with Gasteiger partial charge in [0.05, 0.1) is 13.1 Å². The Bertz CT molecular complexity index is 620. The van der Waals surface area contributed by atoms with E-state index in [-0.39, 0.29) is 24.9 Å². The van der Waals surface area contributed by atoms with Crippen molar-refractivity contribution in [2.75, 3.05) is 19.6 Å².